The van der Waals surface area contributed by atoms with Crippen molar-refractivity contribution in [3.05, 3.63) is 55.0 Å². The summed E-state index contributed by atoms with van der Waals surface area (Å²) in [5.41, 5.74) is 1.22. The summed E-state index contributed by atoms with van der Waals surface area (Å²) in [6.07, 6.45) is 4.68. The van der Waals surface area contributed by atoms with Gasteiger partial charge in [-0.2, -0.15) is 18.3 Å². The first-order chi connectivity index (χ1) is 13.7. The van der Waals surface area contributed by atoms with Crippen LogP contribution in [0.3, 0.4) is 0 Å². The fraction of sp³-hybridized carbons (Fsp3) is 0.421. The van der Waals surface area contributed by atoms with Gasteiger partial charge in [0.25, 0.3) is 0 Å². The maximum absolute atomic E-state index is 10.6. The molecule has 10 heteroatoms. The topological polar surface area (TPSA) is 80.5 Å². The summed E-state index contributed by atoms with van der Waals surface area (Å²) in [5, 5.41) is 11.4. The fourth-order valence-electron chi connectivity index (χ4n) is 3.08. The lowest BCUT2D eigenvalue weighted by atomic mass is 10.0. The van der Waals surface area contributed by atoms with Gasteiger partial charge in [-0.05, 0) is 30.5 Å². The fourth-order valence-corrected chi connectivity index (χ4v) is 3.08. The predicted molar refractivity (Wildman–Crippen MR) is 101 cm³/mol. The van der Waals surface area contributed by atoms with Crippen LogP contribution in [0.1, 0.15) is 12.0 Å². The van der Waals surface area contributed by atoms with Crippen LogP contribution in [0, 0.1) is 0 Å². The number of pyridine rings is 1. The normalized spacial score (nSPS) is 18.8. The molecule has 0 saturated carbocycles. The Hall–Kier alpha value is -2.88. The van der Waals surface area contributed by atoms with E-state index >= 15 is 0 Å². The maximum Gasteiger partial charge on any atom is 0.490 e. The third kappa shape index (κ3) is 6.60. The minimum absolute atomic E-state index is 0.195. The van der Waals surface area contributed by atoms with Gasteiger partial charge in [-0.15, -0.1) is 6.58 Å². The zero-order valence-corrected chi connectivity index (χ0v) is 15.9. The van der Waals surface area contributed by atoms with Crippen LogP contribution < -0.4 is 4.90 Å². The number of hydrogen-bond donors (Lipinski definition) is 1. The third-order valence-corrected chi connectivity index (χ3v) is 4.30. The predicted octanol–water partition coefficient (Wildman–Crippen LogP) is 2.84. The average Bonchev–Trinajstić information content (AvgIpc) is 3.27. The number of nitrogens with zero attached hydrogens (tertiary/aromatic N) is 4. The highest BCUT2D eigenvalue weighted by Gasteiger charge is 2.38. The summed E-state index contributed by atoms with van der Waals surface area (Å²) >= 11 is 0. The minimum Gasteiger partial charge on any atom is -0.475 e. The lowest BCUT2D eigenvalue weighted by Crippen LogP contribution is -2.38. The van der Waals surface area contributed by atoms with Crippen LogP contribution >= 0.6 is 0 Å². The van der Waals surface area contributed by atoms with Crippen molar-refractivity contribution in [3.63, 3.8) is 0 Å². The van der Waals surface area contributed by atoms with Crippen molar-refractivity contribution < 1.29 is 27.8 Å². The summed E-state index contributed by atoms with van der Waals surface area (Å²) in [5.74, 6) is -1.74. The third-order valence-electron chi connectivity index (χ3n) is 4.30. The van der Waals surface area contributed by atoms with Gasteiger partial charge in [0.2, 0.25) is 0 Å². The molecule has 0 amide bonds. The van der Waals surface area contributed by atoms with E-state index in [0.717, 1.165) is 25.2 Å². The van der Waals surface area contributed by atoms with Gasteiger partial charge in [0.15, 0.2) is 0 Å². The number of rotatable bonds is 6. The van der Waals surface area contributed by atoms with Crippen molar-refractivity contribution in [1.82, 2.24) is 14.8 Å². The number of aromatic nitrogens is 3. The molecule has 0 unspecified atom stereocenters. The molecular weight excluding hydrogens is 389 g/mol. The molecule has 2 atom stereocenters. The van der Waals surface area contributed by atoms with Crippen molar-refractivity contribution in [2.75, 3.05) is 18.1 Å². The van der Waals surface area contributed by atoms with Gasteiger partial charge >= 0.3 is 12.1 Å². The summed E-state index contributed by atoms with van der Waals surface area (Å²) in [6.45, 7) is 5.30. The Labute approximate surface area is 166 Å². The van der Waals surface area contributed by atoms with Crippen LogP contribution in [0.5, 0.6) is 0 Å². The Kier molecular flexibility index (Phi) is 7.77. The molecule has 1 fully saturated rings. The first kappa shape index (κ1) is 22.4. The maximum atomic E-state index is 10.6. The minimum atomic E-state index is -5.08. The monoisotopic (exact) mass is 412 g/mol. The van der Waals surface area contributed by atoms with Gasteiger partial charge in [0.1, 0.15) is 5.82 Å². The van der Waals surface area contributed by atoms with E-state index in [9.17, 15) is 13.2 Å². The molecule has 1 N–H and O–H groups in total. The standard InChI is InChI=1S/C17H22N4O.C2HF3O2/c1-3-10-22-16-7-9-21(17-6-4-5-8-18-17)15(16)11-14-12-19-20(2)13-14;3-2(4,5)1(6)7/h3-6,8,12-13,15-16H,1,7,9-11H2,2H3;(H,6,7)/t15-,16-;/m1./s1. The zero-order valence-electron chi connectivity index (χ0n) is 15.9. The summed E-state index contributed by atoms with van der Waals surface area (Å²) in [4.78, 5) is 15.7. The summed E-state index contributed by atoms with van der Waals surface area (Å²) in [6, 6.07) is 6.31. The number of carboxylic acid groups (broad SMARTS) is 1. The van der Waals surface area contributed by atoms with Crippen LogP contribution in [0.15, 0.2) is 49.4 Å². The molecule has 0 bridgehead atoms. The molecule has 0 radical (unpaired) electrons. The second-order valence-corrected chi connectivity index (χ2v) is 6.43. The Balaban J connectivity index is 0.000000370. The van der Waals surface area contributed by atoms with E-state index in [1.165, 1.54) is 5.56 Å². The van der Waals surface area contributed by atoms with Crippen molar-refractivity contribution in [2.45, 2.75) is 31.2 Å². The number of anilines is 1. The van der Waals surface area contributed by atoms with Gasteiger partial charge in [0.05, 0.1) is 24.9 Å². The van der Waals surface area contributed by atoms with Gasteiger partial charge in [0, 0.05) is 26.0 Å². The van der Waals surface area contributed by atoms with Crippen molar-refractivity contribution in [3.8, 4) is 0 Å². The first-order valence-corrected chi connectivity index (χ1v) is 8.90. The van der Waals surface area contributed by atoms with E-state index in [1.807, 2.05) is 42.3 Å². The summed E-state index contributed by atoms with van der Waals surface area (Å²) in [7, 11) is 1.94. The molecule has 0 spiro atoms. The quantitative estimate of drug-likeness (QED) is 0.735. The molecule has 158 valence electrons. The van der Waals surface area contributed by atoms with Crippen LogP contribution in [-0.2, 0) is 23.0 Å². The second kappa shape index (κ2) is 10.1. The second-order valence-electron chi connectivity index (χ2n) is 6.43. The Bertz CT molecular complexity index is 795. The Morgan fingerprint density at radius 2 is 2.17 bits per heavy atom. The van der Waals surface area contributed by atoms with Crippen molar-refractivity contribution in [2.24, 2.45) is 7.05 Å². The van der Waals surface area contributed by atoms with E-state index in [-0.39, 0.29) is 12.1 Å². The summed E-state index contributed by atoms with van der Waals surface area (Å²) < 4.78 is 39.6. The molecule has 0 aromatic carbocycles. The Morgan fingerprint density at radius 1 is 1.45 bits per heavy atom. The SMILES string of the molecule is C=CCO[C@@H]1CCN(c2ccccn2)[C@@H]1Cc1cnn(C)c1.O=C(O)C(F)(F)F. The van der Waals surface area contributed by atoms with E-state index < -0.39 is 12.1 Å². The number of carbonyl (C=O) groups is 1. The number of aliphatic carboxylic acids is 1. The first-order valence-electron chi connectivity index (χ1n) is 8.90. The molecule has 29 heavy (non-hydrogen) atoms. The molecule has 1 aliphatic heterocycles. The van der Waals surface area contributed by atoms with E-state index in [1.54, 1.807) is 0 Å². The van der Waals surface area contributed by atoms with Crippen LogP contribution in [0.2, 0.25) is 0 Å². The molecule has 2 aromatic rings. The number of halogens is 3. The van der Waals surface area contributed by atoms with E-state index in [2.05, 4.69) is 33.8 Å². The number of carboxylic acids is 1. The molecule has 2 aromatic heterocycles. The molecule has 0 aliphatic carbocycles. The molecule has 7 nitrogen and oxygen atoms in total. The lowest BCUT2D eigenvalue weighted by Gasteiger charge is -2.28. The van der Waals surface area contributed by atoms with E-state index in [0.29, 0.717) is 6.61 Å². The molecule has 1 saturated heterocycles. The van der Waals surface area contributed by atoms with Crippen molar-refractivity contribution >= 4 is 11.8 Å². The zero-order chi connectivity index (χ0) is 21.4. The Morgan fingerprint density at radius 3 is 2.69 bits per heavy atom. The van der Waals surface area contributed by atoms with Gasteiger partial charge < -0.3 is 14.7 Å². The smallest absolute Gasteiger partial charge is 0.475 e. The van der Waals surface area contributed by atoms with Crippen LogP contribution in [-0.4, -0.2) is 57.3 Å². The number of aryl methyl sites for hydroxylation is 1. The van der Waals surface area contributed by atoms with E-state index in [4.69, 9.17) is 14.6 Å². The number of alkyl halides is 3. The van der Waals surface area contributed by atoms with Gasteiger partial charge in [-0.3, -0.25) is 4.68 Å². The van der Waals surface area contributed by atoms with Gasteiger partial charge in [-0.1, -0.05) is 12.1 Å². The molecule has 3 rings (SSSR count). The molecule has 3 heterocycles. The van der Waals surface area contributed by atoms with Crippen LogP contribution in [0.4, 0.5) is 19.0 Å². The average molecular weight is 412 g/mol. The van der Waals surface area contributed by atoms with Gasteiger partial charge in [-0.25, -0.2) is 9.78 Å². The molecule has 1 aliphatic rings. The van der Waals surface area contributed by atoms with Crippen molar-refractivity contribution in [1.29, 1.82) is 0 Å². The number of hydrogen-bond acceptors (Lipinski definition) is 5. The van der Waals surface area contributed by atoms with Crippen LogP contribution in [0.25, 0.3) is 0 Å². The largest absolute Gasteiger partial charge is 0.490 e. The highest BCUT2D eigenvalue weighted by molar-refractivity contribution is 5.73. The molecular formula is C19H23F3N4O3. The highest BCUT2D eigenvalue weighted by Crippen LogP contribution is 2.28. The highest BCUT2D eigenvalue weighted by atomic mass is 19.4. The lowest BCUT2D eigenvalue weighted by molar-refractivity contribution is -0.192. The number of ether oxygens (including phenoxy) is 1.